The molecular formula is C44H68O7Si2. The molecule has 0 radical (unpaired) electrons. The number of rotatable bonds is 15. The van der Waals surface area contributed by atoms with E-state index in [4.69, 9.17) is 27.5 Å². The summed E-state index contributed by atoms with van der Waals surface area (Å²) < 4.78 is 40.1. The molecule has 0 N–H and O–H groups in total. The van der Waals surface area contributed by atoms with Crippen molar-refractivity contribution in [3.63, 3.8) is 0 Å². The first kappa shape index (κ1) is 41.7. The molecule has 53 heavy (non-hydrogen) atoms. The summed E-state index contributed by atoms with van der Waals surface area (Å²) in [7, 11) is -4.38. The van der Waals surface area contributed by atoms with Gasteiger partial charge in [0.05, 0.1) is 24.5 Å². The molecule has 0 unspecified atom stereocenters. The highest BCUT2D eigenvalue weighted by molar-refractivity contribution is 6.74. The number of carbonyl (C=O) groups excluding carboxylic acids is 1. The average Bonchev–Trinajstić information content (AvgIpc) is 3.66. The van der Waals surface area contributed by atoms with E-state index in [1.165, 1.54) is 0 Å². The summed E-state index contributed by atoms with van der Waals surface area (Å²) in [5, 5.41) is 1.08. The number of hydrogen-bond acceptors (Lipinski definition) is 7. The molecule has 0 aliphatic carbocycles. The second kappa shape index (κ2) is 15.6. The van der Waals surface area contributed by atoms with Crippen molar-refractivity contribution in [3.05, 3.63) is 64.9 Å². The molecule has 9 heteroatoms. The topological polar surface area (TPSA) is 79.7 Å². The molecule has 1 aromatic heterocycles. The molecule has 0 amide bonds. The number of benzene rings is 2. The number of carbonyl (C=O) groups is 1. The fourth-order valence-electron chi connectivity index (χ4n) is 7.30. The lowest BCUT2D eigenvalue weighted by Crippen LogP contribution is -2.57. The van der Waals surface area contributed by atoms with Crippen LogP contribution in [0, 0.1) is 5.92 Å². The van der Waals surface area contributed by atoms with E-state index >= 15 is 0 Å². The monoisotopic (exact) mass is 764 g/mol. The molecule has 5 rings (SSSR count). The second-order valence-electron chi connectivity index (χ2n) is 19.1. The van der Waals surface area contributed by atoms with Gasteiger partial charge in [-0.3, -0.25) is 0 Å². The minimum Gasteiger partial charge on any atom is -0.488 e. The first-order valence-electron chi connectivity index (χ1n) is 20.1. The number of fused-ring (bicyclic) bond motifs is 1. The smallest absolute Gasteiger partial charge is 0.344 e. The molecule has 0 bridgehead atoms. The van der Waals surface area contributed by atoms with Gasteiger partial charge < -0.3 is 27.5 Å². The summed E-state index contributed by atoms with van der Waals surface area (Å²) in [6, 6.07) is 12.6. The predicted octanol–water partition coefficient (Wildman–Crippen LogP) is 11.9. The Morgan fingerprint density at radius 2 is 1.60 bits per heavy atom. The van der Waals surface area contributed by atoms with Crippen LogP contribution in [0.5, 0.6) is 5.75 Å². The van der Waals surface area contributed by atoms with Crippen LogP contribution in [-0.2, 0) is 42.8 Å². The van der Waals surface area contributed by atoms with Crippen LogP contribution in [0.4, 0.5) is 0 Å². The first-order valence-corrected chi connectivity index (χ1v) is 25.9. The normalized spacial score (nSPS) is 23.2. The van der Waals surface area contributed by atoms with Gasteiger partial charge in [0.25, 0.3) is 0 Å². The van der Waals surface area contributed by atoms with Gasteiger partial charge in [-0.2, -0.15) is 0 Å². The number of hydrogen-bond donors (Lipinski definition) is 0. The molecule has 5 atom stereocenters. The van der Waals surface area contributed by atoms with Gasteiger partial charge in [0.1, 0.15) is 30.1 Å². The summed E-state index contributed by atoms with van der Waals surface area (Å²) in [5.41, 5.74) is 4.05. The van der Waals surface area contributed by atoms with Gasteiger partial charge in [0, 0.05) is 23.3 Å². The van der Waals surface area contributed by atoms with Crippen LogP contribution in [0.1, 0.15) is 123 Å². The van der Waals surface area contributed by atoms with Crippen LogP contribution in [0.15, 0.2) is 47.1 Å². The molecule has 0 saturated carbocycles. The van der Waals surface area contributed by atoms with Crippen molar-refractivity contribution < 1.29 is 32.3 Å². The molecular weight excluding hydrogens is 697 g/mol. The number of esters is 1. The van der Waals surface area contributed by atoms with Gasteiger partial charge in [-0.05, 0) is 78.6 Å². The Hall–Kier alpha value is -2.44. The van der Waals surface area contributed by atoms with E-state index in [2.05, 4.69) is 114 Å². The Balaban J connectivity index is 1.61. The van der Waals surface area contributed by atoms with E-state index in [-0.39, 0.29) is 40.3 Å². The Bertz CT molecular complexity index is 1720. The molecule has 2 aliphatic rings. The van der Waals surface area contributed by atoms with Crippen LogP contribution in [-0.4, -0.2) is 46.5 Å². The van der Waals surface area contributed by atoms with E-state index in [1.54, 1.807) is 0 Å². The van der Waals surface area contributed by atoms with E-state index < -0.39 is 22.2 Å². The molecule has 2 fully saturated rings. The van der Waals surface area contributed by atoms with Crippen molar-refractivity contribution in [3.8, 4) is 5.75 Å². The SMILES string of the molecule is CCC[C@@H](c1coc2c(CO[Si](C)(C)C(C)(C)C)c(OCc3ccccc3)c(CC(C)C)cc12)[C@H]1C[C@H](O[Si](C)(C)C(C)(C)C)[C@@]2(O[C@H]2CC)C(=O)O1. The minimum absolute atomic E-state index is 0.0127. The van der Waals surface area contributed by atoms with Crippen LogP contribution in [0.2, 0.25) is 36.3 Å². The van der Waals surface area contributed by atoms with Crippen molar-refractivity contribution in [2.75, 3.05) is 0 Å². The Kier molecular flexibility index (Phi) is 12.3. The van der Waals surface area contributed by atoms with Crippen molar-refractivity contribution in [1.29, 1.82) is 0 Å². The van der Waals surface area contributed by atoms with Gasteiger partial charge >= 0.3 is 5.97 Å². The van der Waals surface area contributed by atoms with Crippen molar-refractivity contribution in [2.24, 2.45) is 5.92 Å². The maximum Gasteiger partial charge on any atom is 0.344 e. The van der Waals surface area contributed by atoms with Crippen LogP contribution in [0.25, 0.3) is 11.0 Å². The van der Waals surface area contributed by atoms with Crippen molar-refractivity contribution in [1.82, 2.24) is 0 Å². The number of epoxide rings is 1. The van der Waals surface area contributed by atoms with Crippen LogP contribution in [0.3, 0.4) is 0 Å². The molecule has 2 aromatic carbocycles. The maximum atomic E-state index is 14.1. The maximum absolute atomic E-state index is 14.1. The summed E-state index contributed by atoms with van der Waals surface area (Å²) in [5.74, 6) is 0.895. The van der Waals surface area contributed by atoms with Crippen LogP contribution >= 0.6 is 0 Å². The number of ether oxygens (including phenoxy) is 3. The highest BCUT2D eigenvalue weighted by atomic mass is 28.4. The quantitative estimate of drug-likeness (QED) is 0.0866. The zero-order valence-corrected chi connectivity index (χ0v) is 37.2. The van der Waals surface area contributed by atoms with E-state index in [0.717, 1.165) is 64.7 Å². The zero-order chi connectivity index (χ0) is 39.1. The third kappa shape index (κ3) is 8.54. The van der Waals surface area contributed by atoms with E-state index in [0.29, 0.717) is 25.6 Å². The lowest BCUT2D eigenvalue weighted by molar-refractivity contribution is -0.173. The summed E-state index contributed by atoms with van der Waals surface area (Å²) in [4.78, 5) is 14.1. The molecule has 3 aromatic rings. The standard InChI is InChI=1S/C44H68O7Si2/c1-15-20-32(36-25-38(51-53(13,14)43(8,9)10)44(41(45)49-36)37(16-2)50-44)34-27-47-40-33(34)24-31(23-29(3)4)39(46-26-30-21-18-17-19-22-30)35(40)28-48-52(11,12)42(5,6)7/h17-19,21-22,24,27,29,32,36-38H,15-16,20,23,25-26,28H2,1-14H3/t32-,36+,37-,38-,44+/m0/s1. The molecule has 2 aliphatic heterocycles. The number of furan rings is 1. The fourth-order valence-corrected chi connectivity index (χ4v) is 9.58. The average molecular weight is 765 g/mol. The lowest BCUT2D eigenvalue weighted by atomic mass is 9.81. The van der Waals surface area contributed by atoms with Gasteiger partial charge in [-0.15, -0.1) is 0 Å². The third-order valence-corrected chi connectivity index (χ3v) is 21.5. The highest BCUT2D eigenvalue weighted by Gasteiger charge is 2.71. The summed E-state index contributed by atoms with van der Waals surface area (Å²) in [6.07, 6.45) is 4.93. The summed E-state index contributed by atoms with van der Waals surface area (Å²) >= 11 is 0. The van der Waals surface area contributed by atoms with Crippen molar-refractivity contribution >= 4 is 33.6 Å². The van der Waals surface area contributed by atoms with Gasteiger partial charge in [0.15, 0.2) is 16.6 Å². The second-order valence-corrected chi connectivity index (χ2v) is 28.6. The van der Waals surface area contributed by atoms with Gasteiger partial charge in [-0.1, -0.05) is 106 Å². The van der Waals surface area contributed by atoms with Gasteiger partial charge in [-0.25, -0.2) is 4.79 Å². The molecule has 294 valence electrons. The predicted molar refractivity (Wildman–Crippen MR) is 220 cm³/mol. The Morgan fingerprint density at radius 1 is 0.943 bits per heavy atom. The van der Waals surface area contributed by atoms with Crippen LogP contribution < -0.4 is 4.74 Å². The van der Waals surface area contributed by atoms with Gasteiger partial charge in [0.2, 0.25) is 5.60 Å². The van der Waals surface area contributed by atoms with E-state index in [9.17, 15) is 4.79 Å². The fraction of sp³-hybridized carbons (Fsp3) is 0.659. The lowest BCUT2D eigenvalue weighted by Gasteiger charge is -2.44. The zero-order valence-electron chi connectivity index (χ0n) is 35.2. The summed E-state index contributed by atoms with van der Waals surface area (Å²) in [6.45, 7) is 32.2. The molecule has 3 heterocycles. The van der Waals surface area contributed by atoms with E-state index in [1.807, 2.05) is 24.5 Å². The largest absolute Gasteiger partial charge is 0.488 e. The number of cyclic esters (lactones) is 1. The minimum atomic E-state index is -2.24. The highest BCUT2D eigenvalue weighted by Crippen LogP contribution is 2.53. The first-order chi connectivity index (χ1) is 24.7. The molecule has 1 spiro atoms. The molecule has 7 nitrogen and oxygen atoms in total. The molecule has 2 saturated heterocycles. The van der Waals surface area contributed by atoms with Crippen molar-refractivity contribution in [2.45, 2.75) is 181 Å². The third-order valence-electron chi connectivity index (χ3n) is 12.6. The Morgan fingerprint density at radius 3 is 2.17 bits per heavy atom. The Labute approximate surface area is 322 Å².